The SMILES string of the molecule is O=C(NCC#Cc1ccc(C(=O)O)cc1C(=O)O)OCc1ccccc1. The van der Waals surface area contributed by atoms with E-state index in [4.69, 9.17) is 14.9 Å². The number of benzene rings is 2. The molecule has 7 heteroatoms. The van der Waals surface area contributed by atoms with Gasteiger partial charge in [-0.05, 0) is 23.8 Å². The molecule has 0 unspecified atom stereocenters. The molecule has 0 aliphatic heterocycles. The second-order valence-electron chi connectivity index (χ2n) is 5.09. The number of hydrogen-bond donors (Lipinski definition) is 3. The highest BCUT2D eigenvalue weighted by atomic mass is 16.5. The van der Waals surface area contributed by atoms with Crippen LogP contribution in [-0.2, 0) is 11.3 Å². The maximum atomic E-state index is 11.6. The van der Waals surface area contributed by atoms with Crippen molar-refractivity contribution in [1.29, 1.82) is 0 Å². The number of carbonyl (C=O) groups is 3. The lowest BCUT2D eigenvalue weighted by Crippen LogP contribution is -2.24. The van der Waals surface area contributed by atoms with Gasteiger partial charge in [-0.1, -0.05) is 42.2 Å². The molecule has 132 valence electrons. The van der Waals surface area contributed by atoms with Crippen molar-refractivity contribution in [3.8, 4) is 11.8 Å². The molecule has 0 saturated heterocycles. The maximum Gasteiger partial charge on any atom is 0.408 e. The molecule has 7 nitrogen and oxygen atoms in total. The highest BCUT2D eigenvalue weighted by Gasteiger charge is 2.12. The summed E-state index contributed by atoms with van der Waals surface area (Å²) in [6.07, 6.45) is -0.650. The fourth-order valence-electron chi connectivity index (χ4n) is 1.99. The molecule has 1 amide bonds. The largest absolute Gasteiger partial charge is 0.478 e. The van der Waals surface area contributed by atoms with Crippen LogP contribution in [0, 0.1) is 11.8 Å². The molecule has 0 aromatic heterocycles. The van der Waals surface area contributed by atoms with Gasteiger partial charge in [0.25, 0.3) is 0 Å². The molecular formula is C19H15NO6. The Morgan fingerprint density at radius 3 is 2.38 bits per heavy atom. The van der Waals surface area contributed by atoms with Crippen molar-refractivity contribution in [1.82, 2.24) is 5.32 Å². The van der Waals surface area contributed by atoms with Crippen molar-refractivity contribution in [2.45, 2.75) is 6.61 Å². The molecular weight excluding hydrogens is 338 g/mol. The summed E-state index contributed by atoms with van der Waals surface area (Å²) in [6, 6.07) is 12.8. The summed E-state index contributed by atoms with van der Waals surface area (Å²) in [7, 11) is 0. The number of rotatable bonds is 5. The average Bonchev–Trinajstić information content (AvgIpc) is 2.64. The van der Waals surface area contributed by atoms with Crippen LogP contribution < -0.4 is 5.32 Å². The van der Waals surface area contributed by atoms with Gasteiger partial charge in [-0.2, -0.15) is 0 Å². The van der Waals surface area contributed by atoms with Gasteiger partial charge in [0.05, 0.1) is 17.7 Å². The Kier molecular flexibility index (Phi) is 6.34. The van der Waals surface area contributed by atoms with Gasteiger partial charge in [-0.25, -0.2) is 14.4 Å². The second-order valence-corrected chi connectivity index (χ2v) is 5.09. The smallest absolute Gasteiger partial charge is 0.408 e. The molecule has 0 bridgehead atoms. The third-order valence-corrected chi connectivity index (χ3v) is 3.25. The van der Waals surface area contributed by atoms with E-state index in [9.17, 15) is 14.4 Å². The lowest BCUT2D eigenvalue weighted by atomic mass is 10.0. The molecule has 2 aromatic carbocycles. The third-order valence-electron chi connectivity index (χ3n) is 3.25. The van der Waals surface area contributed by atoms with E-state index in [1.165, 1.54) is 12.1 Å². The predicted molar refractivity (Wildman–Crippen MR) is 91.9 cm³/mol. The lowest BCUT2D eigenvalue weighted by molar-refractivity contribution is 0.0695. The van der Waals surface area contributed by atoms with E-state index in [0.717, 1.165) is 11.6 Å². The van der Waals surface area contributed by atoms with Crippen LogP contribution in [0.1, 0.15) is 31.8 Å². The van der Waals surface area contributed by atoms with E-state index in [1.54, 1.807) is 0 Å². The van der Waals surface area contributed by atoms with Crippen molar-refractivity contribution in [2.75, 3.05) is 6.54 Å². The first-order valence-corrected chi connectivity index (χ1v) is 7.51. The van der Waals surface area contributed by atoms with Gasteiger partial charge >= 0.3 is 18.0 Å². The fourth-order valence-corrected chi connectivity index (χ4v) is 1.99. The van der Waals surface area contributed by atoms with Crippen molar-refractivity contribution < 1.29 is 29.3 Å². The minimum Gasteiger partial charge on any atom is -0.478 e. The number of alkyl carbamates (subject to hydrolysis) is 1. The predicted octanol–water partition coefficient (Wildman–Crippen LogP) is 2.36. The molecule has 0 fully saturated rings. The highest BCUT2D eigenvalue weighted by molar-refractivity contribution is 5.95. The topological polar surface area (TPSA) is 113 Å². The number of aromatic carboxylic acids is 2. The highest BCUT2D eigenvalue weighted by Crippen LogP contribution is 2.11. The quantitative estimate of drug-likeness (QED) is 0.711. The molecule has 2 rings (SSSR count). The molecule has 0 radical (unpaired) electrons. The van der Waals surface area contributed by atoms with Crippen molar-refractivity contribution in [3.05, 3.63) is 70.8 Å². The summed E-state index contributed by atoms with van der Waals surface area (Å²) in [5, 5.41) is 20.5. The van der Waals surface area contributed by atoms with Crippen LogP contribution >= 0.6 is 0 Å². The minimum atomic E-state index is -1.28. The Labute approximate surface area is 149 Å². The van der Waals surface area contributed by atoms with Gasteiger partial charge < -0.3 is 20.3 Å². The molecule has 26 heavy (non-hydrogen) atoms. The van der Waals surface area contributed by atoms with Crippen molar-refractivity contribution >= 4 is 18.0 Å². The molecule has 0 aliphatic carbocycles. The van der Waals surface area contributed by atoms with Gasteiger partial charge in [-0.3, -0.25) is 0 Å². The minimum absolute atomic E-state index is 0.0482. The molecule has 0 heterocycles. The zero-order valence-corrected chi connectivity index (χ0v) is 13.6. The van der Waals surface area contributed by atoms with Gasteiger partial charge in [0, 0.05) is 5.56 Å². The molecule has 0 spiro atoms. The van der Waals surface area contributed by atoms with Crippen molar-refractivity contribution in [2.24, 2.45) is 0 Å². The van der Waals surface area contributed by atoms with Gasteiger partial charge in [0.1, 0.15) is 6.61 Å². The first kappa shape index (κ1) is 18.5. The number of carboxylic acids is 2. The number of hydrogen-bond acceptors (Lipinski definition) is 4. The number of carboxylic acid groups (broad SMARTS) is 2. The van der Waals surface area contributed by atoms with E-state index in [0.29, 0.717) is 0 Å². The van der Waals surface area contributed by atoms with Gasteiger partial charge in [0.15, 0.2) is 0 Å². The van der Waals surface area contributed by atoms with E-state index in [2.05, 4.69) is 17.2 Å². The molecule has 2 aromatic rings. The summed E-state index contributed by atoms with van der Waals surface area (Å²) in [6.45, 7) is 0.0767. The maximum absolute atomic E-state index is 11.6. The van der Waals surface area contributed by atoms with Crippen LogP contribution in [-0.4, -0.2) is 34.8 Å². The molecule has 0 saturated carbocycles. The van der Waals surface area contributed by atoms with Crippen LogP contribution in [0.25, 0.3) is 0 Å². The van der Waals surface area contributed by atoms with E-state index >= 15 is 0 Å². The van der Waals surface area contributed by atoms with E-state index in [-0.39, 0.29) is 29.8 Å². The zero-order chi connectivity index (χ0) is 18.9. The number of carbonyl (C=O) groups excluding carboxylic acids is 1. The molecule has 0 atom stereocenters. The van der Waals surface area contributed by atoms with E-state index < -0.39 is 18.0 Å². The Bertz CT molecular complexity index is 880. The van der Waals surface area contributed by atoms with Crippen LogP contribution in [0.2, 0.25) is 0 Å². The standard InChI is InChI=1S/C19H15NO6/c21-17(22)15-9-8-14(16(11-15)18(23)24)7-4-10-20-19(25)26-12-13-5-2-1-3-6-13/h1-3,5-6,8-9,11H,10,12H2,(H,20,25)(H,21,22)(H,23,24). The monoisotopic (exact) mass is 353 g/mol. The summed E-state index contributed by atoms with van der Waals surface area (Å²) < 4.78 is 5.01. The average molecular weight is 353 g/mol. The third kappa shape index (κ3) is 5.39. The number of ether oxygens (including phenoxy) is 1. The molecule has 0 aliphatic rings. The first-order chi connectivity index (χ1) is 12.5. The number of amides is 1. The second kappa shape index (κ2) is 8.89. The number of nitrogens with one attached hydrogen (secondary N) is 1. The van der Waals surface area contributed by atoms with Crippen molar-refractivity contribution in [3.63, 3.8) is 0 Å². The Morgan fingerprint density at radius 2 is 1.73 bits per heavy atom. The Morgan fingerprint density at radius 1 is 1.00 bits per heavy atom. The van der Waals surface area contributed by atoms with Crippen LogP contribution in [0.15, 0.2) is 48.5 Å². The van der Waals surface area contributed by atoms with Gasteiger partial charge in [0.2, 0.25) is 0 Å². The van der Waals surface area contributed by atoms with Crippen LogP contribution in [0.5, 0.6) is 0 Å². The zero-order valence-electron chi connectivity index (χ0n) is 13.6. The summed E-state index contributed by atoms with van der Waals surface area (Å²) >= 11 is 0. The Balaban J connectivity index is 1.92. The molecule has 3 N–H and O–H groups in total. The normalized spacial score (nSPS) is 9.54. The Hall–Kier alpha value is -3.79. The first-order valence-electron chi connectivity index (χ1n) is 7.51. The summed E-state index contributed by atoms with van der Waals surface area (Å²) in [4.78, 5) is 33.7. The van der Waals surface area contributed by atoms with Crippen LogP contribution in [0.3, 0.4) is 0 Å². The van der Waals surface area contributed by atoms with E-state index in [1.807, 2.05) is 30.3 Å². The van der Waals surface area contributed by atoms with Gasteiger partial charge in [-0.15, -0.1) is 0 Å². The summed E-state index contributed by atoms with van der Waals surface area (Å²) in [5.41, 5.74) is 0.639. The summed E-state index contributed by atoms with van der Waals surface area (Å²) in [5.74, 6) is 2.69. The fraction of sp³-hybridized carbons (Fsp3) is 0.105. The lowest BCUT2D eigenvalue weighted by Gasteiger charge is -2.04. The van der Waals surface area contributed by atoms with Crippen LogP contribution in [0.4, 0.5) is 4.79 Å².